The van der Waals surface area contributed by atoms with Crippen molar-refractivity contribution in [3.05, 3.63) is 103 Å². The lowest BCUT2D eigenvalue weighted by Gasteiger charge is -2.14. The molecule has 3 aromatic rings. The Bertz CT molecular complexity index is 1190. The van der Waals surface area contributed by atoms with E-state index in [4.69, 9.17) is 39.5 Å². The van der Waals surface area contributed by atoms with Crippen LogP contribution in [0.1, 0.15) is 16.7 Å². The highest BCUT2D eigenvalue weighted by molar-refractivity contribution is 8.18. The SMILES string of the molecule is O=C1SC(=Cc2ccccc2OCc2ccc(Cl)cc2)C(=O)N1Cc1c(Cl)cccc1Cl. The van der Waals surface area contributed by atoms with E-state index in [1.54, 1.807) is 36.4 Å². The van der Waals surface area contributed by atoms with Crippen LogP contribution in [0, 0.1) is 0 Å². The van der Waals surface area contributed by atoms with Crippen LogP contribution in [0.2, 0.25) is 15.1 Å². The van der Waals surface area contributed by atoms with Gasteiger partial charge in [-0.05, 0) is 53.7 Å². The van der Waals surface area contributed by atoms with E-state index in [0.29, 0.717) is 43.5 Å². The van der Waals surface area contributed by atoms with Crippen molar-refractivity contribution < 1.29 is 14.3 Å². The lowest BCUT2D eigenvalue weighted by molar-refractivity contribution is -0.123. The molecule has 4 rings (SSSR count). The average molecular weight is 505 g/mol. The molecular formula is C24H16Cl3NO3S. The molecule has 0 aliphatic carbocycles. The Balaban J connectivity index is 1.53. The van der Waals surface area contributed by atoms with Crippen LogP contribution in [-0.4, -0.2) is 16.0 Å². The second-order valence-electron chi connectivity index (χ2n) is 6.92. The highest BCUT2D eigenvalue weighted by Gasteiger charge is 2.35. The Hall–Kier alpha value is -2.44. The molecule has 1 fully saturated rings. The average Bonchev–Trinajstić information content (AvgIpc) is 3.04. The first-order valence-corrected chi connectivity index (χ1v) is 11.5. The van der Waals surface area contributed by atoms with Gasteiger partial charge in [0.05, 0.1) is 11.4 Å². The summed E-state index contributed by atoms with van der Waals surface area (Å²) in [5.41, 5.74) is 2.19. The van der Waals surface area contributed by atoms with E-state index in [9.17, 15) is 9.59 Å². The number of nitrogens with zero attached hydrogens (tertiary/aromatic N) is 1. The van der Waals surface area contributed by atoms with Crippen LogP contribution < -0.4 is 4.74 Å². The molecule has 2 amide bonds. The first kappa shape index (κ1) is 22.7. The lowest BCUT2D eigenvalue weighted by Crippen LogP contribution is -2.27. The summed E-state index contributed by atoms with van der Waals surface area (Å²) in [5.74, 6) is 0.201. The standard InChI is InChI=1S/C24H16Cl3NO3S/c25-17-10-8-15(9-11-17)14-31-21-7-2-1-4-16(21)12-22-23(29)28(24(30)32-22)13-18-19(26)5-3-6-20(18)27/h1-12H,13-14H2. The van der Waals surface area contributed by atoms with Gasteiger partial charge >= 0.3 is 0 Å². The molecule has 0 N–H and O–H groups in total. The van der Waals surface area contributed by atoms with Gasteiger partial charge in [0, 0.05) is 26.2 Å². The fourth-order valence-corrected chi connectivity index (χ4v) is 4.56. The lowest BCUT2D eigenvalue weighted by atomic mass is 10.1. The molecule has 8 heteroatoms. The number of para-hydroxylation sites is 1. The Labute approximate surface area is 204 Å². The van der Waals surface area contributed by atoms with Gasteiger partial charge in [0.25, 0.3) is 11.1 Å². The third-order valence-corrected chi connectivity index (χ3v) is 6.63. The van der Waals surface area contributed by atoms with Crippen molar-refractivity contribution in [3.8, 4) is 5.75 Å². The highest BCUT2D eigenvalue weighted by Crippen LogP contribution is 2.36. The molecule has 0 atom stereocenters. The number of halogens is 3. The third kappa shape index (κ3) is 5.13. The zero-order chi connectivity index (χ0) is 22.7. The van der Waals surface area contributed by atoms with Gasteiger partial charge in [-0.1, -0.05) is 71.2 Å². The summed E-state index contributed by atoms with van der Waals surface area (Å²) >= 11 is 19.2. The van der Waals surface area contributed by atoms with Crippen molar-refractivity contribution in [2.24, 2.45) is 0 Å². The van der Waals surface area contributed by atoms with E-state index < -0.39 is 5.91 Å². The zero-order valence-electron chi connectivity index (χ0n) is 16.6. The predicted molar refractivity (Wildman–Crippen MR) is 130 cm³/mol. The molecule has 162 valence electrons. The fraction of sp³-hybridized carbons (Fsp3) is 0.0833. The van der Waals surface area contributed by atoms with Gasteiger partial charge in [-0.2, -0.15) is 0 Å². The van der Waals surface area contributed by atoms with Gasteiger partial charge in [0.1, 0.15) is 12.4 Å². The number of hydrogen-bond acceptors (Lipinski definition) is 4. The van der Waals surface area contributed by atoms with Gasteiger partial charge in [-0.25, -0.2) is 0 Å². The van der Waals surface area contributed by atoms with Crippen molar-refractivity contribution in [3.63, 3.8) is 0 Å². The van der Waals surface area contributed by atoms with Gasteiger partial charge in [-0.15, -0.1) is 0 Å². The minimum absolute atomic E-state index is 0.00915. The zero-order valence-corrected chi connectivity index (χ0v) is 19.6. The predicted octanol–water partition coefficient (Wildman–Crippen LogP) is 7.46. The van der Waals surface area contributed by atoms with Crippen LogP contribution in [0.25, 0.3) is 6.08 Å². The number of carbonyl (C=O) groups is 2. The molecule has 3 aromatic carbocycles. The van der Waals surface area contributed by atoms with E-state index in [-0.39, 0.29) is 11.8 Å². The maximum absolute atomic E-state index is 12.9. The van der Waals surface area contributed by atoms with Crippen molar-refractivity contribution in [1.82, 2.24) is 4.90 Å². The number of amides is 2. The minimum Gasteiger partial charge on any atom is -0.488 e. The Morgan fingerprint density at radius 2 is 1.56 bits per heavy atom. The van der Waals surface area contributed by atoms with Crippen molar-refractivity contribution in [2.45, 2.75) is 13.2 Å². The van der Waals surface area contributed by atoms with Crippen LogP contribution >= 0.6 is 46.6 Å². The quantitative estimate of drug-likeness (QED) is 0.327. The third-order valence-electron chi connectivity index (χ3n) is 4.76. The largest absolute Gasteiger partial charge is 0.488 e. The number of carbonyl (C=O) groups excluding carboxylic acids is 2. The maximum atomic E-state index is 12.9. The summed E-state index contributed by atoms with van der Waals surface area (Å²) < 4.78 is 5.95. The van der Waals surface area contributed by atoms with Crippen LogP contribution in [0.15, 0.2) is 71.6 Å². The van der Waals surface area contributed by atoms with Gasteiger partial charge < -0.3 is 4.74 Å². The van der Waals surface area contributed by atoms with Crippen LogP contribution in [0.3, 0.4) is 0 Å². The van der Waals surface area contributed by atoms with Crippen LogP contribution in [-0.2, 0) is 17.9 Å². The van der Waals surface area contributed by atoms with Crippen LogP contribution in [0.4, 0.5) is 4.79 Å². The molecule has 0 aromatic heterocycles. The van der Waals surface area contributed by atoms with E-state index >= 15 is 0 Å². The number of imide groups is 1. The van der Waals surface area contributed by atoms with Crippen molar-refractivity contribution >= 4 is 63.8 Å². The molecule has 0 spiro atoms. The molecule has 1 saturated heterocycles. The summed E-state index contributed by atoms with van der Waals surface area (Å²) in [6, 6.07) is 19.8. The van der Waals surface area contributed by atoms with E-state index in [2.05, 4.69) is 0 Å². The Morgan fingerprint density at radius 3 is 2.28 bits per heavy atom. The molecule has 1 aliphatic rings. The van der Waals surface area contributed by atoms with Crippen molar-refractivity contribution in [2.75, 3.05) is 0 Å². The number of rotatable bonds is 6. The molecule has 0 radical (unpaired) electrons. The van der Waals surface area contributed by atoms with Crippen LogP contribution in [0.5, 0.6) is 5.75 Å². The second-order valence-corrected chi connectivity index (χ2v) is 9.17. The molecule has 32 heavy (non-hydrogen) atoms. The Kier molecular flexibility index (Phi) is 7.11. The summed E-state index contributed by atoms with van der Waals surface area (Å²) in [6.07, 6.45) is 1.66. The summed E-state index contributed by atoms with van der Waals surface area (Å²) in [7, 11) is 0. The number of benzene rings is 3. The summed E-state index contributed by atoms with van der Waals surface area (Å²) in [4.78, 5) is 26.9. The monoisotopic (exact) mass is 503 g/mol. The molecule has 0 unspecified atom stereocenters. The maximum Gasteiger partial charge on any atom is 0.293 e. The molecule has 1 aliphatic heterocycles. The molecular weight excluding hydrogens is 489 g/mol. The minimum atomic E-state index is -0.400. The van der Waals surface area contributed by atoms with Crippen molar-refractivity contribution in [1.29, 1.82) is 0 Å². The topological polar surface area (TPSA) is 46.6 Å². The molecule has 1 heterocycles. The Morgan fingerprint density at radius 1 is 0.875 bits per heavy atom. The van der Waals surface area contributed by atoms with E-state index in [1.165, 1.54) is 0 Å². The summed E-state index contributed by atoms with van der Waals surface area (Å²) in [5, 5.41) is 1.09. The van der Waals surface area contributed by atoms with E-state index in [1.807, 2.05) is 36.4 Å². The first-order valence-electron chi connectivity index (χ1n) is 9.57. The van der Waals surface area contributed by atoms with Gasteiger partial charge in [0.2, 0.25) is 0 Å². The molecule has 0 bridgehead atoms. The molecule has 0 saturated carbocycles. The number of ether oxygens (including phenoxy) is 1. The second kappa shape index (κ2) is 10.0. The van der Waals surface area contributed by atoms with E-state index in [0.717, 1.165) is 22.2 Å². The number of thioether (sulfide) groups is 1. The fourth-order valence-electron chi connectivity index (χ4n) is 3.09. The molecule has 4 nitrogen and oxygen atoms in total. The number of hydrogen-bond donors (Lipinski definition) is 0. The normalized spacial score (nSPS) is 15.0. The van der Waals surface area contributed by atoms with Gasteiger partial charge in [-0.3, -0.25) is 14.5 Å². The first-order chi connectivity index (χ1) is 15.4. The van der Waals surface area contributed by atoms with Gasteiger partial charge in [0.15, 0.2) is 0 Å². The highest BCUT2D eigenvalue weighted by atomic mass is 35.5. The summed E-state index contributed by atoms with van der Waals surface area (Å²) in [6.45, 7) is 0.351. The smallest absolute Gasteiger partial charge is 0.293 e.